The van der Waals surface area contributed by atoms with Crippen molar-refractivity contribution >= 4 is 23.2 Å². The van der Waals surface area contributed by atoms with E-state index < -0.39 is 11.0 Å². The molecule has 0 saturated heterocycles. The molecule has 4 rings (SSSR count). The number of nitrogens with zero attached hydrogens (tertiary/aromatic N) is 4. The van der Waals surface area contributed by atoms with E-state index in [1.165, 1.54) is 6.33 Å². The van der Waals surface area contributed by atoms with Crippen molar-refractivity contribution in [1.29, 1.82) is 0 Å². The first kappa shape index (κ1) is 16.5. The Balaban J connectivity index is 1.82. The van der Waals surface area contributed by atoms with Crippen molar-refractivity contribution in [2.45, 2.75) is 30.4 Å². The van der Waals surface area contributed by atoms with Crippen LogP contribution < -0.4 is 0 Å². The van der Waals surface area contributed by atoms with E-state index in [1.807, 2.05) is 24.3 Å². The largest absolute Gasteiger partial charge is 0.382 e. The molecule has 3 aromatic rings. The van der Waals surface area contributed by atoms with Gasteiger partial charge in [-0.05, 0) is 42.7 Å². The van der Waals surface area contributed by atoms with Gasteiger partial charge in [-0.3, -0.25) is 4.98 Å². The standard InChI is InChI=1S/C18H16Cl2N4O/c19-14-3-1-13(2-4-14)18(25,10-24-12-21-11-23-24)17(7-8-17)16-6-5-15(20)9-22-16/h1-6,9,11-12,25H,7-8,10H2. The summed E-state index contributed by atoms with van der Waals surface area (Å²) in [4.78, 5) is 8.48. The molecule has 1 aromatic carbocycles. The first-order valence-corrected chi connectivity index (χ1v) is 8.72. The van der Waals surface area contributed by atoms with Gasteiger partial charge in [0.05, 0.1) is 11.6 Å². The van der Waals surface area contributed by atoms with E-state index in [1.54, 1.807) is 29.3 Å². The summed E-state index contributed by atoms with van der Waals surface area (Å²) in [7, 11) is 0. The topological polar surface area (TPSA) is 63.8 Å². The highest BCUT2D eigenvalue weighted by Gasteiger charge is 2.61. The van der Waals surface area contributed by atoms with Crippen molar-refractivity contribution in [2.75, 3.05) is 0 Å². The predicted octanol–water partition coefficient (Wildman–Crippen LogP) is 3.60. The number of rotatable bonds is 5. The third-order valence-corrected chi connectivity index (χ3v) is 5.41. The van der Waals surface area contributed by atoms with Gasteiger partial charge in [0.1, 0.15) is 18.3 Å². The lowest BCUT2D eigenvalue weighted by Crippen LogP contribution is -2.44. The van der Waals surface area contributed by atoms with Crippen molar-refractivity contribution in [1.82, 2.24) is 19.7 Å². The Morgan fingerprint density at radius 1 is 1.08 bits per heavy atom. The van der Waals surface area contributed by atoms with E-state index in [4.69, 9.17) is 23.2 Å². The molecule has 2 heterocycles. The predicted molar refractivity (Wildman–Crippen MR) is 95.5 cm³/mol. The quantitative estimate of drug-likeness (QED) is 0.740. The molecule has 1 atom stereocenters. The molecule has 128 valence electrons. The summed E-state index contributed by atoms with van der Waals surface area (Å²) in [5, 5.41) is 17.2. The van der Waals surface area contributed by atoms with Crippen LogP contribution in [0.1, 0.15) is 24.1 Å². The number of halogens is 2. The Hall–Kier alpha value is -1.95. The number of aliphatic hydroxyl groups is 1. The van der Waals surface area contributed by atoms with Crippen LogP contribution in [0.3, 0.4) is 0 Å². The zero-order chi connectivity index (χ0) is 17.5. The SMILES string of the molecule is OC(Cn1cncn1)(c1ccc(Cl)cc1)C1(c2ccc(Cl)cn2)CC1. The average molecular weight is 375 g/mol. The fourth-order valence-electron chi connectivity index (χ4n) is 3.46. The number of hydrogen-bond acceptors (Lipinski definition) is 4. The third-order valence-electron chi connectivity index (χ3n) is 4.94. The first-order chi connectivity index (χ1) is 12.0. The first-order valence-electron chi connectivity index (χ1n) is 7.96. The van der Waals surface area contributed by atoms with E-state index in [9.17, 15) is 5.11 Å². The Morgan fingerprint density at radius 2 is 1.80 bits per heavy atom. The Kier molecular flexibility index (Phi) is 4.02. The van der Waals surface area contributed by atoms with Crippen LogP contribution in [0.5, 0.6) is 0 Å². The highest BCUT2D eigenvalue weighted by molar-refractivity contribution is 6.30. The van der Waals surface area contributed by atoms with E-state index in [0.29, 0.717) is 10.0 Å². The van der Waals surface area contributed by atoms with Crippen LogP contribution in [0, 0.1) is 0 Å². The molecule has 1 fully saturated rings. The summed E-state index contributed by atoms with van der Waals surface area (Å²) in [6, 6.07) is 11.0. The fourth-order valence-corrected chi connectivity index (χ4v) is 3.70. The lowest BCUT2D eigenvalue weighted by atomic mass is 9.76. The van der Waals surface area contributed by atoms with Crippen LogP contribution in [0.2, 0.25) is 10.0 Å². The second kappa shape index (κ2) is 6.09. The monoisotopic (exact) mass is 374 g/mol. The maximum Gasteiger partial charge on any atom is 0.137 e. The third kappa shape index (κ3) is 2.82. The van der Waals surface area contributed by atoms with Gasteiger partial charge in [-0.25, -0.2) is 9.67 Å². The molecule has 5 nitrogen and oxygen atoms in total. The number of hydrogen-bond donors (Lipinski definition) is 1. The minimum absolute atomic E-state index is 0.277. The van der Waals surface area contributed by atoms with Crippen LogP contribution in [0.15, 0.2) is 55.2 Å². The van der Waals surface area contributed by atoms with Gasteiger partial charge in [0.2, 0.25) is 0 Å². The molecular formula is C18H16Cl2N4O. The molecule has 25 heavy (non-hydrogen) atoms. The summed E-state index contributed by atoms with van der Waals surface area (Å²) in [6.07, 6.45) is 6.34. The highest BCUT2D eigenvalue weighted by Crippen LogP contribution is 2.59. The number of benzene rings is 1. The Bertz CT molecular complexity index is 861. The van der Waals surface area contributed by atoms with Gasteiger partial charge in [-0.1, -0.05) is 35.3 Å². The van der Waals surface area contributed by atoms with Gasteiger partial charge >= 0.3 is 0 Å². The second-order valence-corrected chi connectivity index (χ2v) is 7.28. The van der Waals surface area contributed by atoms with Crippen molar-refractivity contribution < 1.29 is 5.11 Å². The van der Waals surface area contributed by atoms with Crippen molar-refractivity contribution in [2.24, 2.45) is 0 Å². The van der Waals surface area contributed by atoms with Gasteiger partial charge in [-0.2, -0.15) is 5.10 Å². The van der Waals surface area contributed by atoms with Crippen LogP contribution in [0.4, 0.5) is 0 Å². The summed E-state index contributed by atoms with van der Waals surface area (Å²) in [6.45, 7) is 0.277. The van der Waals surface area contributed by atoms with Crippen LogP contribution in [-0.4, -0.2) is 24.9 Å². The normalized spacial score (nSPS) is 17.9. The average Bonchev–Trinajstić information content (AvgIpc) is 3.28. The molecule has 1 aliphatic rings. The fraction of sp³-hybridized carbons (Fsp3) is 0.278. The molecular weight excluding hydrogens is 359 g/mol. The minimum atomic E-state index is -1.19. The summed E-state index contributed by atoms with van der Waals surface area (Å²) in [5.74, 6) is 0. The number of pyridine rings is 1. The smallest absolute Gasteiger partial charge is 0.137 e. The molecule has 0 radical (unpaired) electrons. The Labute approximate surface area is 155 Å². The van der Waals surface area contributed by atoms with E-state index >= 15 is 0 Å². The maximum atomic E-state index is 11.9. The summed E-state index contributed by atoms with van der Waals surface area (Å²) >= 11 is 12.0. The molecule has 2 aromatic heterocycles. The molecule has 0 bridgehead atoms. The van der Waals surface area contributed by atoms with Gasteiger partial charge in [-0.15, -0.1) is 0 Å². The molecule has 7 heteroatoms. The molecule has 1 aliphatic carbocycles. The van der Waals surface area contributed by atoms with E-state index in [2.05, 4.69) is 15.1 Å². The zero-order valence-corrected chi connectivity index (χ0v) is 14.8. The number of aromatic nitrogens is 4. The van der Waals surface area contributed by atoms with E-state index in [0.717, 1.165) is 24.1 Å². The van der Waals surface area contributed by atoms with Crippen LogP contribution >= 0.6 is 23.2 Å². The molecule has 1 unspecified atom stereocenters. The Morgan fingerprint density at radius 3 is 2.36 bits per heavy atom. The summed E-state index contributed by atoms with van der Waals surface area (Å²) in [5.41, 5.74) is -0.0696. The van der Waals surface area contributed by atoms with E-state index in [-0.39, 0.29) is 6.54 Å². The van der Waals surface area contributed by atoms with Gasteiger partial charge in [0, 0.05) is 22.3 Å². The van der Waals surface area contributed by atoms with Crippen molar-refractivity contribution in [3.05, 3.63) is 76.6 Å². The zero-order valence-electron chi connectivity index (χ0n) is 13.3. The van der Waals surface area contributed by atoms with Gasteiger partial charge in [0.15, 0.2) is 0 Å². The maximum absolute atomic E-state index is 11.9. The molecule has 0 aliphatic heterocycles. The molecule has 0 amide bonds. The van der Waals surface area contributed by atoms with Crippen molar-refractivity contribution in [3.8, 4) is 0 Å². The highest BCUT2D eigenvalue weighted by atomic mass is 35.5. The lowest BCUT2D eigenvalue weighted by molar-refractivity contribution is -0.0260. The molecule has 0 spiro atoms. The summed E-state index contributed by atoms with van der Waals surface area (Å²) < 4.78 is 1.64. The molecule has 1 N–H and O–H groups in total. The second-order valence-electron chi connectivity index (χ2n) is 6.40. The van der Waals surface area contributed by atoms with Gasteiger partial charge in [0.25, 0.3) is 0 Å². The minimum Gasteiger partial charge on any atom is -0.382 e. The van der Waals surface area contributed by atoms with Crippen molar-refractivity contribution in [3.63, 3.8) is 0 Å². The molecule has 1 saturated carbocycles. The van der Waals surface area contributed by atoms with Gasteiger partial charge < -0.3 is 5.11 Å². The lowest BCUT2D eigenvalue weighted by Gasteiger charge is -2.37. The van der Waals surface area contributed by atoms with Crippen LogP contribution in [-0.2, 0) is 17.6 Å². The van der Waals surface area contributed by atoms with Crippen LogP contribution in [0.25, 0.3) is 0 Å².